The standard InChI is InChI=1S/C25H30N6O3/c1-17-5-7-19(8-6-17)28-23-16-24(27-18(2)26-23)30-11-13-31(14-12-30)25(32)29-21-10-9-20(33-3)15-22(21)34-4/h5-10,15-16H,11-14H2,1-4H3,(H,29,32)(H,26,27,28). The van der Waals surface area contributed by atoms with Crippen LogP contribution in [0.5, 0.6) is 11.5 Å². The predicted molar refractivity (Wildman–Crippen MR) is 134 cm³/mol. The van der Waals surface area contributed by atoms with Crippen LogP contribution in [0.15, 0.2) is 48.5 Å². The molecule has 0 spiro atoms. The number of hydrogen-bond acceptors (Lipinski definition) is 7. The highest BCUT2D eigenvalue weighted by atomic mass is 16.5. The summed E-state index contributed by atoms with van der Waals surface area (Å²) in [5.41, 5.74) is 2.79. The van der Waals surface area contributed by atoms with Crippen molar-refractivity contribution in [3.63, 3.8) is 0 Å². The van der Waals surface area contributed by atoms with Crippen LogP contribution in [0.2, 0.25) is 0 Å². The Bertz CT molecular complexity index is 1140. The molecule has 9 heteroatoms. The Morgan fingerprint density at radius 1 is 0.912 bits per heavy atom. The number of hydrogen-bond donors (Lipinski definition) is 2. The maximum absolute atomic E-state index is 12.8. The molecule has 0 aliphatic carbocycles. The third kappa shape index (κ3) is 5.48. The summed E-state index contributed by atoms with van der Waals surface area (Å²) >= 11 is 0. The Morgan fingerprint density at radius 3 is 2.32 bits per heavy atom. The Balaban J connectivity index is 1.38. The largest absolute Gasteiger partial charge is 0.497 e. The van der Waals surface area contributed by atoms with E-state index >= 15 is 0 Å². The number of rotatable bonds is 6. The van der Waals surface area contributed by atoms with E-state index in [4.69, 9.17) is 9.47 Å². The molecular weight excluding hydrogens is 432 g/mol. The zero-order chi connectivity index (χ0) is 24.1. The molecule has 0 bridgehead atoms. The van der Waals surface area contributed by atoms with Crippen LogP contribution in [0.25, 0.3) is 0 Å². The number of piperazine rings is 1. The highest BCUT2D eigenvalue weighted by Gasteiger charge is 2.23. The van der Waals surface area contributed by atoms with Gasteiger partial charge in [-0.15, -0.1) is 0 Å². The van der Waals surface area contributed by atoms with Crippen molar-refractivity contribution in [1.29, 1.82) is 0 Å². The molecule has 2 N–H and O–H groups in total. The van der Waals surface area contributed by atoms with Crippen molar-refractivity contribution in [2.24, 2.45) is 0 Å². The minimum atomic E-state index is -0.163. The lowest BCUT2D eigenvalue weighted by Crippen LogP contribution is -2.50. The number of methoxy groups -OCH3 is 2. The predicted octanol–water partition coefficient (Wildman–Crippen LogP) is 4.21. The summed E-state index contributed by atoms with van der Waals surface area (Å²) in [5, 5.41) is 6.29. The molecule has 2 heterocycles. The fourth-order valence-corrected chi connectivity index (χ4v) is 3.80. The van der Waals surface area contributed by atoms with E-state index in [2.05, 4.69) is 44.6 Å². The summed E-state index contributed by atoms with van der Waals surface area (Å²) in [6, 6.07) is 15.3. The minimum Gasteiger partial charge on any atom is -0.497 e. The average Bonchev–Trinajstić information content (AvgIpc) is 2.85. The van der Waals surface area contributed by atoms with Gasteiger partial charge in [0.15, 0.2) is 0 Å². The minimum absolute atomic E-state index is 0.163. The number of ether oxygens (including phenoxy) is 2. The quantitative estimate of drug-likeness (QED) is 0.567. The maximum Gasteiger partial charge on any atom is 0.322 e. The number of nitrogens with zero attached hydrogens (tertiary/aromatic N) is 4. The van der Waals surface area contributed by atoms with Gasteiger partial charge in [0, 0.05) is 44.0 Å². The van der Waals surface area contributed by atoms with Gasteiger partial charge in [-0.25, -0.2) is 14.8 Å². The van der Waals surface area contributed by atoms with Crippen LogP contribution in [-0.4, -0.2) is 61.3 Å². The zero-order valence-electron chi connectivity index (χ0n) is 20.0. The molecule has 0 saturated carbocycles. The van der Waals surface area contributed by atoms with E-state index < -0.39 is 0 Å². The first-order valence-electron chi connectivity index (χ1n) is 11.2. The van der Waals surface area contributed by atoms with Gasteiger partial charge < -0.3 is 29.9 Å². The molecule has 0 atom stereocenters. The molecule has 1 aromatic heterocycles. The highest BCUT2D eigenvalue weighted by Crippen LogP contribution is 2.29. The van der Waals surface area contributed by atoms with Gasteiger partial charge in [-0.1, -0.05) is 17.7 Å². The van der Waals surface area contributed by atoms with Gasteiger partial charge in [-0.05, 0) is 38.1 Å². The summed E-state index contributed by atoms with van der Waals surface area (Å²) in [7, 11) is 3.15. The number of anilines is 4. The first-order chi connectivity index (χ1) is 16.4. The Morgan fingerprint density at radius 2 is 1.65 bits per heavy atom. The molecule has 1 aliphatic rings. The van der Waals surface area contributed by atoms with E-state index in [9.17, 15) is 4.79 Å². The summed E-state index contributed by atoms with van der Waals surface area (Å²) in [6.45, 7) is 6.45. The molecule has 1 saturated heterocycles. The first-order valence-corrected chi connectivity index (χ1v) is 11.2. The third-order valence-electron chi connectivity index (χ3n) is 5.69. The monoisotopic (exact) mass is 462 g/mol. The molecule has 1 aliphatic heterocycles. The van der Waals surface area contributed by atoms with E-state index in [1.165, 1.54) is 5.56 Å². The second-order valence-electron chi connectivity index (χ2n) is 8.12. The topological polar surface area (TPSA) is 91.9 Å². The number of amides is 2. The molecule has 9 nitrogen and oxygen atoms in total. The number of aryl methyl sites for hydroxylation is 2. The van der Waals surface area contributed by atoms with Crippen molar-refractivity contribution >= 4 is 29.0 Å². The van der Waals surface area contributed by atoms with Crippen LogP contribution in [0.4, 0.5) is 27.8 Å². The van der Waals surface area contributed by atoms with E-state index in [-0.39, 0.29) is 6.03 Å². The number of carbonyl (C=O) groups is 1. The fourth-order valence-electron chi connectivity index (χ4n) is 3.80. The third-order valence-corrected chi connectivity index (χ3v) is 5.69. The van der Waals surface area contributed by atoms with Crippen LogP contribution in [0.3, 0.4) is 0 Å². The molecule has 4 rings (SSSR count). The van der Waals surface area contributed by atoms with Crippen molar-refractivity contribution in [3.05, 3.63) is 59.9 Å². The SMILES string of the molecule is COc1ccc(NC(=O)N2CCN(c3cc(Nc4ccc(C)cc4)nc(C)n3)CC2)c(OC)c1. The second-order valence-corrected chi connectivity index (χ2v) is 8.12. The number of benzene rings is 2. The Labute approximate surface area is 199 Å². The lowest BCUT2D eigenvalue weighted by atomic mass is 10.2. The first kappa shape index (κ1) is 23.2. The lowest BCUT2D eigenvalue weighted by Gasteiger charge is -2.35. The van der Waals surface area contributed by atoms with Crippen LogP contribution < -0.4 is 25.0 Å². The fraction of sp³-hybridized carbons (Fsp3) is 0.320. The highest BCUT2D eigenvalue weighted by molar-refractivity contribution is 5.91. The van der Waals surface area contributed by atoms with Crippen LogP contribution >= 0.6 is 0 Å². The molecule has 2 amide bonds. The molecular formula is C25H30N6O3. The van der Waals surface area contributed by atoms with E-state index in [0.717, 1.165) is 17.3 Å². The number of urea groups is 1. The molecule has 0 unspecified atom stereocenters. The van der Waals surface area contributed by atoms with Crippen molar-refractivity contribution in [1.82, 2.24) is 14.9 Å². The average molecular weight is 463 g/mol. The van der Waals surface area contributed by atoms with E-state index in [1.54, 1.807) is 37.3 Å². The smallest absolute Gasteiger partial charge is 0.322 e. The van der Waals surface area contributed by atoms with Gasteiger partial charge >= 0.3 is 6.03 Å². The Hall–Kier alpha value is -4.01. The molecule has 1 fully saturated rings. The van der Waals surface area contributed by atoms with Gasteiger partial charge in [0.2, 0.25) is 0 Å². The van der Waals surface area contributed by atoms with E-state index in [1.807, 2.05) is 25.1 Å². The molecule has 0 radical (unpaired) electrons. The number of carbonyl (C=O) groups excluding carboxylic acids is 1. The Kier molecular flexibility index (Phi) is 7.01. The van der Waals surface area contributed by atoms with Crippen LogP contribution in [0.1, 0.15) is 11.4 Å². The summed E-state index contributed by atoms with van der Waals surface area (Å²) in [6.07, 6.45) is 0. The number of nitrogens with one attached hydrogen (secondary N) is 2. The number of aromatic nitrogens is 2. The normalized spacial score (nSPS) is 13.4. The van der Waals surface area contributed by atoms with Gasteiger partial charge in [-0.3, -0.25) is 0 Å². The lowest BCUT2D eigenvalue weighted by molar-refractivity contribution is 0.208. The van der Waals surface area contributed by atoms with Crippen LogP contribution in [0, 0.1) is 13.8 Å². The molecule has 178 valence electrons. The van der Waals surface area contributed by atoms with Crippen molar-refractivity contribution in [2.75, 3.05) is 55.9 Å². The van der Waals surface area contributed by atoms with Gasteiger partial charge in [0.25, 0.3) is 0 Å². The molecule has 34 heavy (non-hydrogen) atoms. The van der Waals surface area contributed by atoms with Gasteiger partial charge in [0.05, 0.1) is 19.9 Å². The van der Waals surface area contributed by atoms with Crippen molar-refractivity contribution < 1.29 is 14.3 Å². The second kappa shape index (κ2) is 10.3. The van der Waals surface area contributed by atoms with Gasteiger partial charge in [-0.2, -0.15) is 0 Å². The summed E-state index contributed by atoms with van der Waals surface area (Å²) in [5.74, 6) is 3.51. The summed E-state index contributed by atoms with van der Waals surface area (Å²) in [4.78, 5) is 25.9. The van der Waals surface area contributed by atoms with Crippen molar-refractivity contribution in [3.8, 4) is 11.5 Å². The van der Waals surface area contributed by atoms with Crippen LogP contribution in [-0.2, 0) is 0 Å². The van der Waals surface area contributed by atoms with E-state index in [0.29, 0.717) is 49.2 Å². The molecule has 2 aromatic carbocycles. The van der Waals surface area contributed by atoms with Gasteiger partial charge in [0.1, 0.15) is 29.0 Å². The molecule has 3 aromatic rings. The van der Waals surface area contributed by atoms with Crippen molar-refractivity contribution in [2.45, 2.75) is 13.8 Å². The maximum atomic E-state index is 12.8. The zero-order valence-corrected chi connectivity index (χ0v) is 20.0. The summed E-state index contributed by atoms with van der Waals surface area (Å²) < 4.78 is 10.6.